The fourth-order valence-electron chi connectivity index (χ4n) is 2.58. The van der Waals surface area contributed by atoms with E-state index in [9.17, 15) is 4.79 Å². The van der Waals surface area contributed by atoms with Gasteiger partial charge in [0.05, 0.1) is 6.04 Å². The number of nitrogens with one attached hydrogen (secondary N) is 1. The summed E-state index contributed by atoms with van der Waals surface area (Å²) in [6.45, 7) is 3.64. The third-order valence-electron chi connectivity index (χ3n) is 3.70. The van der Waals surface area contributed by atoms with E-state index in [1.54, 1.807) is 0 Å². The first kappa shape index (κ1) is 13.2. The Morgan fingerprint density at radius 3 is 2.75 bits per heavy atom. The van der Waals surface area contributed by atoms with Crippen LogP contribution in [0.5, 0.6) is 0 Å². The van der Waals surface area contributed by atoms with Gasteiger partial charge in [0.1, 0.15) is 0 Å². The van der Waals surface area contributed by atoms with E-state index in [1.165, 1.54) is 5.69 Å². The van der Waals surface area contributed by atoms with E-state index in [0.29, 0.717) is 0 Å². The lowest BCUT2D eigenvalue weighted by Crippen LogP contribution is -2.42. The van der Waals surface area contributed by atoms with E-state index < -0.39 is 0 Å². The molecule has 1 aliphatic rings. The number of carbonyl (C=O) groups excluding carboxylic acids is 1. The zero-order valence-corrected chi connectivity index (χ0v) is 12.8. The molecule has 20 heavy (non-hydrogen) atoms. The van der Waals surface area contributed by atoms with E-state index in [4.69, 9.17) is 0 Å². The van der Waals surface area contributed by atoms with Crippen LogP contribution >= 0.6 is 15.9 Å². The summed E-state index contributed by atoms with van der Waals surface area (Å²) in [7, 11) is 0. The SMILES string of the molecule is C[C@@H]1c2cccn2CCN1C(=O)Nc1ccc(Br)cc1. The van der Waals surface area contributed by atoms with Gasteiger partial charge in [-0.1, -0.05) is 15.9 Å². The lowest BCUT2D eigenvalue weighted by Gasteiger charge is -2.34. The molecular formula is C15H16BrN3O. The highest BCUT2D eigenvalue weighted by molar-refractivity contribution is 9.10. The molecule has 0 bridgehead atoms. The maximum Gasteiger partial charge on any atom is 0.322 e. The van der Waals surface area contributed by atoms with Crippen LogP contribution in [0.1, 0.15) is 18.7 Å². The third-order valence-corrected chi connectivity index (χ3v) is 4.23. The fourth-order valence-corrected chi connectivity index (χ4v) is 2.85. The lowest BCUT2D eigenvalue weighted by molar-refractivity contribution is 0.175. The number of halogens is 1. The van der Waals surface area contributed by atoms with Gasteiger partial charge in [0.2, 0.25) is 0 Å². The van der Waals surface area contributed by atoms with Crippen molar-refractivity contribution in [2.24, 2.45) is 0 Å². The van der Waals surface area contributed by atoms with Crippen LogP contribution in [-0.2, 0) is 6.54 Å². The van der Waals surface area contributed by atoms with E-state index in [0.717, 1.165) is 23.2 Å². The van der Waals surface area contributed by atoms with E-state index >= 15 is 0 Å². The largest absolute Gasteiger partial charge is 0.348 e. The highest BCUT2D eigenvalue weighted by Crippen LogP contribution is 2.26. The van der Waals surface area contributed by atoms with Crippen LogP contribution in [0.15, 0.2) is 47.1 Å². The Kier molecular flexibility index (Phi) is 3.53. The number of hydrogen-bond acceptors (Lipinski definition) is 1. The quantitative estimate of drug-likeness (QED) is 0.845. The van der Waals surface area contributed by atoms with E-state index in [-0.39, 0.29) is 12.1 Å². The molecule has 0 radical (unpaired) electrons. The number of amides is 2. The summed E-state index contributed by atoms with van der Waals surface area (Å²) in [6.07, 6.45) is 2.07. The van der Waals surface area contributed by atoms with Gasteiger partial charge in [-0.25, -0.2) is 4.79 Å². The second-order valence-electron chi connectivity index (χ2n) is 4.93. The Hall–Kier alpha value is -1.75. The van der Waals surface area contributed by atoms with Crippen molar-refractivity contribution in [3.05, 3.63) is 52.8 Å². The molecule has 0 unspecified atom stereocenters. The van der Waals surface area contributed by atoms with Crippen molar-refractivity contribution in [1.82, 2.24) is 9.47 Å². The molecule has 1 aromatic heterocycles. The number of anilines is 1. The summed E-state index contributed by atoms with van der Waals surface area (Å²) in [5.41, 5.74) is 1.99. The predicted molar refractivity (Wildman–Crippen MR) is 82.7 cm³/mol. The van der Waals surface area contributed by atoms with Crippen LogP contribution in [0.2, 0.25) is 0 Å². The summed E-state index contributed by atoms with van der Waals surface area (Å²) in [5, 5.41) is 2.95. The molecule has 0 fully saturated rings. The molecule has 3 rings (SSSR count). The normalized spacial score (nSPS) is 17.7. The summed E-state index contributed by atoms with van der Waals surface area (Å²) >= 11 is 3.39. The molecule has 2 heterocycles. The Morgan fingerprint density at radius 1 is 1.25 bits per heavy atom. The van der Waals surface area contributed by atoms with Crippen LogP contribution in [0.25, 0.3) is 0 Å². The molecule has 1 aromatic carbocycles. The average Bonchev–Trinajstić information content (AvgIpc) is 2.91. The van der Waals surface area contributed by atoms with Gasteiger partial charge in [0.15, 0.2) is 0 Å². The molecule has 4 nitrogen and oxygen atoms in total. The lowest BCUT2D eigenvalue weighted by atomic mass is 10.1. The molecule has 2 aromatic rings. The predicted octanol–water partition coefficient (Wildman–Crippen LogP) is 3.86. The maximum absolute atomic E-state index is 12.4. The fraction of sp³-hybridized carbons (Fsp3) is 0.267. The number of nitrogens with zero attached hydrogens (tertiary/aromatic N) is 2. The Balaban J connectivity index is 1.73. The van der Waals surface area contributed by atoms with Crippen molar-refractivity contribution in [2.45, 2.75) is 19.5 Å². The number of carbonyl (C=O) groups is 1. The maximum atomic E-state index is 12.4. The second-order valence-corrected chi connectivity index (χ2v) is 5.85. The standard InChI is InChI=1S/C15H16BrN3O/c1-11-14-3-2-8-18(14)9-10-19(11)15(20)17-13-6-4-12(16)5-7-13/h2-8,11H,9-10H2,1H3,(H,17,20)/t11-/m1/s1. The molecule has 0 saturated heterocycles. The molecule has 0 spiro atoms. The first-order valence-electron chi connectivity index (χ1n) is 6.63. The summed E-state index contributed by atoms with van der Waals surface area (Å²) in [5.74, 6) is 0. The van der Waals surface area contributed by atoms with Gasteiger partial charge in [0.25, 0.3) is 0 Å². The number of fused-ring (bicyclic) bond motifs is 1. The minimum Gasteiger partial charge on any atom is -0.348 e. The molecule has 5 heteroatoms. The Morgan fingerprint density at radius 2 is 2.00 bits per heavy atom. The molecule has 1 N–H and O–H groups in total. The van der Waals surface area contributed by atoms with Crippen molar-refractivity contribution < 1.29 is 4.79 Å². The van der Waals surface area contributed by atoms with Gasteiger partial charge in [-0.05, 0) is 43.3 Å². The van der Waals surface area contributed by atoms with Crippen molar-refractivity contribution in [3.8, 4) is 0 Å². The van der Waals surface area contributed by atoms with Crippen LogP contribution in [0.3, 0.4) is 0 Å². The molecule has 2 amide bonds. The van der Waals surface area contributed by atoms with Crippen molar-refractivity contribution in [3.63, 3.8) is 0 Å². The number of benzene rings is 1. The molecule has 1 atom stereocenters. The number of urea groups is 1. The summed E-state index contributed by atoms with van der Waals surface area (Å²) in [6, 6.07) is 11.8. The molecule has 0 saturated carbocycles. The summed E-state index contributed by atoms with van der Waals surface area (Å²) < 4.78 is 3.20. The zero-order valence-electron chi connectivity index (χ0n) is 11.2. The first-order chi connectivity index (χ1) is 9.65. The monoisotopic (exact) mass is 333 g/mol. The molecular weight excluding hydrogens is 318 g/mol. The smallest absolute Gasteiger partial charge is 0.322 e. The summed E-state index contributed by atoms with van der Waals surface area (Å²) in [4.78, 5) is 14.3. The van der Waals surface area contributed by atoms with Crippen LogP contribution in [-0.4, -0.2) is 22.0 Å². The van der Waals surface area contributed by atoms with E-state index in [2.05, 4.69) is 45.0 Å². The minimum absolute atomic E-state index is 0.0488. The second kappa shape index (κ2) is 5.32. The number of aromatic nitrogens is 1. The van der Waals surface area contributed by atoms with Crippen molar-refractivity contribution in [1.29, 1.82) is 0 Å². The highest BCUT2D eigenvalue weighted by atomic mass is 79.9. The third kappa shape index (κ3) is 2.45. The zero-order chi connectivity index (χ0) is 14.1. The molecule has 0 aliphatic carbocycles. The van der Waals surface area contributed by atoms with Crippen molar-refractivity contribution >= 4 is 27.6 Å². The van der Waals surface area contributed by atoms with E-state index in [1.807, 2.05) is 35.2 Å². The molecule has 1 aliphatic heterocycles. The van der Waals surface area contributed by atoms with Gasteiger partial charge in [-0.2, -0.15) is 0 Å². The van der Waals surface area contributed by atoms with Gasteiger partial charge in [0, 0.05) is 35.1 Å². The van der Waals surface area contributed by atoms with Gasteiger partial charge < -0.3 is 14.8 Å². The average molecular weight is 334 g/mol. The topological polar surface area (TPSA) is 37.3 Å². The first-order valence-corrected chi connectivity index (χ1v) is 7.42. The van der Waals surface area contributed by atoms with Gasteiger partial charge in [-0.15, -0.1) is 0 Å². The highest BCUT2D eigenvalue weighted by Gasteiger charge is 2.27. The van der Waals surface area contributed by atoms with Gasteiger partial charge in [-0.3, -0.25) is 0 Å². The van der Waals surface area contributed by atoms with Crippen LogP contribution < -0.4 is 5.32 Å². The minimum atomic E-state index is -0.0488. The van der Waals surface area contributed by atoms with Crippen LogP contribution in [0, 0.1) is 0 Å². The van der Waals surface area contributed by atoms with Crippen molar-refractivity contribution in [2.75, 3.05) is 11.9 Å². The Labute approximate surface area is 126 Å². The number of hydrogen-bond donors (Lipinski definition) is 1. The van der Waals surface area contributed by atoms with Crippen LogP contribution in [0.4, 0.5) is 10.5 Å². The Bertz CT molecular complexity index is 620. The van der Waals surface area contributed by atoms with Gasteiger partial charge >= 0.3 is 6.03 Å². The number of rotatable bonds is 1. The molecule has 104 valence electrons.